The maximum Gasteiger partial charge on any atom is 0.408 e. The topological polar surface area (TPSA) is 143 Å². The highest BCUT2D eigenvalue weighted by Gasteiger charge is 2.28. The number of hydrogen-bond acceptors (Lipinski definition) is 7. The largest absolute Gasteiger partial charge is 0.450 e. The maximum atomic E-state index is 13.2. The lowest BCUT2D eigenvalue weighted by molar-refractivity contribution is -0.131. The molecule has 0 bridgehead atoms. The highest BCUT2D eigenvalue weighted by atomic mass is 35.5. The van der Waals surface area contributed by atoms with E-state index in [2.05, 4.69) is 16.0 Å². The lowest BCUT2D eigenvalue weighted by atomic mass is 9.84. The fourth-order valence-corrected chi connectivity index (χ4v) is 4.72. The summed E-state index contributed by atoms with van der Waals surface area (Å²) in [4.78, 5) is 62.7. The fraction of sp³-hybridized carbons (Fsp3) is 0.607. The molecule has 1 aliphatic carbocycles. The number of nitrogens with zero attached hydrogens (tertiary/aromatic N) is 1. The number of nitrogens with one attached hydrogen (secondary N) is 3. The van der Waals surface area contributed by atoms with Gasteiger partial charge in [0.1, 0.15) is 18.9 Å². The zero-order valence-corrected chi connectivity index (χ0v) is 24.0. The Bertz CT molecular complexity index is 987. The van der Waals surface area contributed by atoms with Crippen molar-refractivity contribution in [2.75, 3.05) is 26.7 Å². The number of rotatable bonds is 15. The monoisotopic (exact) mass is 580 g/mol. The Morgan fingerprint density at radius 1 is 1.10 bits per heavy atom. The summed E-state index contributed by atoms with van der Waals surface area (Å²) in [5.41, 5.74) is 0.711. The Labute approximate surface area is 240 Å². The fourth-order valence-electron chi connectivity index (χ4n) is 4.51. The molecule has 0 heterocycles. The summed E-state index contributed by atoms with van der Waals surface area (Å²) in [6.07, 6.45) is 5.04. The normalized spacial score (nSPS) is 14.8. The van der Waals surface area contributed by atoms with Gasteiger partial charge in [-0.15, -0.1) is 0 Å². The first-order valence-electron chi connectivity index (χ1n) is 13.8. The standard InChI is InChI=1S/C28H41ClN4O7/c1-3-39-27(37)30-14-15-33(2)25(35)13-12-23(18-34)31-26(36)24(17-20-8-5-4-6-9-20)32-28(38)40-19-21-10-7-11-22(29)16-21/h7,10-11,16,18,20,23-24H,3-6,8-9,12-15,17,19H2,1-2H3,(H,30,37)(H,31,36)(H,32,38)/t23-,24-/m0/s1. The Kier molecular flexibility index (Phi) is 14.9. The molecule has 0 aromatic heterocycles. The van der Waals surface area contributed by atoms with Crippen molar-refractivity contribution in [1.29, 1.82) is 0 Å². The van der Waals surface area contributed by atoms with Gasteiger partial charge >= 0.3 is 12.2 Å². The number of aldehydes is 1. The van der Waals surface area contributed by atoms with Crippen LogP contribution in [-0.4, -0.2) is 74.0 Å². The second kappa shape index (κ2) is 18.1. The van der Waals surface area contributed by atoms with Crippen LogP contribution in [-0.2, 0) is 30.5 Å². The zero-order chi connectivity index (χ0) is 29.3. The average molecular weight is 581 g/mol. The van der Waals surface area contributed by atoms with Crippen molar-refractivity contribution in [2.24, 2.45) is 5.92 Å². The van der Waals surface area contributed by atoms with E-state index in [0.29, 0.717) is 23.3 Å². The Morgan fingerprint density at radius 3 is 2.52 bits per heavy atom. The number of ether oxygens (including phenoxy) is 2. The lowest BCUT2D eigenvalue weighted by Crippen LogP contribution is -2.51. The molecule has 0 spiro atoms. The quantitative estimate of drug-likeness (QED) is 0.269. The molecule has 222 valence electrons. The first-order chi connectivity index (χ1) is 19.2. The van der Waals surface area contributed by atoms with Gasteiger partial charge in [0.05, 0.1) is 12.6 Å². The third-order valence-corrected chi connectivity index (χ3v) is 6.98. The molecule has 0 saturated heterocycles. The SMILES string of the molecule is CCOC(=O)NCCN(C)C(=O)CC[C@@H](C=O)NC(=O)[C@H](CC1CCCCC1)NC(=O)OCc1cccc(Cl)c1. The van der Waals surface area contributed by atoms with Gasteiger partial charge in [-0.1, -0.05) is 55.8 Å². The number of carbonyl (C=O) groups excluding carboxylic acids is 5. The minimum atomic E-state index is -0.902. The van der Waals surface area contributed by atoms with E-state index in [9.17, 15) is 24.0 Å². The third-order valence-electron chi connectivity index (χ3n) is 6.74. The van der Waals surface area contributed by atoms with Gasteiger partial charge < -0.3 is 35.1 Å². The van der Waals surface area contributed by atoms with Gasteiger partial charge in [-0.05, 0) is 43.4 Å². The molecular formula is C28H41ClN4O7. The van der Waals surface area contributed by atoms with Crippen LogP contribution in [0.3, 0.4) is 0 Å². The molecule has 4 amide bonds. The van der Waals surface area contributed by atoms with Crippen molar-refractivity contribution < 1.29 is 33.4 Å². The molecular weight excluding hydrogens is 540 g/mol. The second-order valence-electron chi connectivity index (χ2n) is 9.90. The molecule has 1 saturated carbocycles. The van der Waals surface area contributed by atoms with Gasteiger partial charge in [-0.2, -0.15) is 0 Å². The number of alkyl carbamates (subject to hydrolysis) is 2. The van der Waals surface area contributed by atoms with E-state index in [4.69, 9.17) is 21.1 Å². The average Bonchev–Trinajstić information content (AvgIpc) is 2.94. The first kappa shape index (κ1) is 32.9. The highest BCUT2D eigenvalue weighted by Crippen LogP contribution is 2.27. The molecule has 2 atom stereocenters. The van der Waals surface area contributed by atoms with Crippen LogP contribution in [0.25, 0.3) is 0 Å². The van der Waals surface area contributed by atoms with Crippen molar-refractivity contribution in [1.82, 2.24) is 20.9 Å². The van der Waals surface area contributed by atoms with Crippen molar-refractivity contribution in [3.05, 3.63) is 34.9 Å². The van der Waals surface area contributed by atoms with Crippen LogP contribution in [0.4, 0.5) is 9.59 Å². The Balaban J connectivity index is 1.89. The van der Waals surface area contributed by atoms with E-state index in [1.54, 1.807) is 38.2 Å². The molecule has 1 fully saturated rings. The molecule has 1 aromatic carbocycles. The molecule has 0 unspecified atom stereocenters. The molecule has 1 aromatic rings. The van der Waals surface area contributed by atoms with Crippen LogP contribution in [0.15, 0.2) is 24.3 Å². The van der Waals surface area contributed by atoms with Crippen LogP contribution < -0.4 is 16.0 Å². The molecule has 3 N–H and O–H groups in total. The predicted octanol–water partition coefficient (Wildman–Crippen LogP) is 3.57. The van der Waals surface area contributed by atoms with E-state index in [1.807, 2.05) is 0 Å². The van der Waals surface area contributed by atoms with Crippen LogP contribution in [0, 0.1) is 5.92 Å². The first-order valence-corrected chi connectivity index (χ1v) is 14.2. The smallest absolute Gasteiger partial charge is 0.408 e. The molecule has 12 heteroatoms. The van der Waals surface area contributed by atoms with E-state index < -0.39 is 30.2 Å². The molecule has 11 nitrogen and oxygen atoms in total. The van der Waals surface area contributed by atoms with Crippen LogP contribution >= 0.6 is 11.6 Å². The summed E-state index contributed by atoms with van der Waals surface area (Å²) in [5, 5.41) is 8.39. The second-order valence-corrected chi connectivity index (χ2v) is 10.3. The number of hydrogen-bond donors (Lipinski definition) is 3. The molecule has 2 rings (SSSR count). The Hall–Kier alpha value is -3.34. The minimum Gasteiger partial charge on any atom is -0.450 e. The van der Waals surface area contributed by atoms with E-state index >= 15 is 0 Å². The highest BCUT2D eigenvalue weighted by molar-refractivity contribution is 6.30. The number of halogens is 1. The Morgan fingerprint density at radius 2 is 1.85 bits per heavy atom. The molecule has 0 radical (unpaired) electrons. The van der Waals surface area contributed by atoms with Gasteiger partial charge in [-0.25, -0.2) is 9.59 Å². The van der Waals surface area contributed by atoms with Gasteiger partial charge in [0.2, 0.25) is 11.8 Å². The minimum absolute atomic E-state index is 0.00788. The predicted molar refractivity (Wildman–Crippen MR) is 150 cm³/mol. The van der Waals surface area contributed by atoms with Crippen LogP contribution in [0.2, 0.25) is 5.02 Å². The van der Waals surface area contributed by atoms with Crippen molar-refractivity contribution in [2.45, 2.75) is 77.0 Å². The number of likely N-dealkylation sites (N-methyl/N-ethyl adjacent to an activating group) is 1. The van der Waals surface area contributed by atoms with Gasteiger partial charge in [-0.3, -0.25) is 9.59 Å². The van der Waals surface area contributed by atoms with Gasteiger partial charge in [0, 0.05) is 31.6 Å². The van der Waals surface area contributed by atoms with Gasteiger partial charge in [0.25, 0.3) is 0 Å². The lowest BCUT2D eigenvalue weighted by Gasteiger charge is -2.27. The summed E-state index contributed by atoms with van der Waals surface area (Å²) >= 11 is 5.98. The van der Waals surface area contributed by atoms with E-state index in [-0.39, 0.29) is 51.0 Å². The summed E-state index contributed by atoms with van der Waals surface area (Å²) in [7, 11) is 1.59. The van der Waals surface area contributed by atoms with Crippen molar-refractivity contribution in [3.8, 4) is 0 Å². The summed E-state index contributed by atoms with van der Waals surface area (Å²) in [6.45, 7) is 2.42. The molecule has 40 heavy (non-hydrogen) atoms. The van der Waals surface area contributed by atoms with E-state index in [1.165, 1.54) is 4.90 Å². The molecule has 0 aliphatic heterocycles. The van der Waals surface area contributed by atoms with Crippen molar-refractivity contribution >= 4 is 41.9 Å². The third kappa shape index (κ3) is 12.7. The number of carbonyl (C=O) groups is 5. The van der Waals surface area contributed by atoms with Crippen LogP contribution in [0.1, 0.15) is 63.9 Å². The van der Waals surface area contributed by atoms with Crippen LogP contribution in [0.5, 0.6) is 0 Å². The number of benzene rings is 1. The zero-order valence-electron chi connectivity index (χ0n) is 23.3. The summed E-state index contributed by atoms with van der Waals surface area (Å²) in [6, 6.07) is 5.14. The van der Waals surface area contributed by atoms with Gasteiger partial charge in [0.15, 0.2) is 0 Å². The summed E-state index contributed by atoms with van der Waals surface area (Å²) < 4.78 is 10.1. The van der Waals surface area contributed by atoms with Crippen molar-refractivity contribution in [3.63, 3.8) is 0 Å². The summed E-state index contributed by atoms with van der Waals surface area (Å²) in [5.74, 6) is -0.471. The molecule has 1 aliphatic rings. The number of amides is 4. The maximum absolute atomic E-state index is 13.2. The van der Waals surface area contributed by atoms with E-state index in [0.717, 1.165) is 32.1 Å².